The maximum absolute atomic E-state index is 14.4. The Labute approximate surface area is 522 Å². The monoisotopic (exact) mass is 1300 g/mol. The van der Waals surface area contributed by atoms with Gasteiger partial charge in [0.1, 0.15) is 35.8 Å². The van der Waals surface area contributed by atoms with Gasteiger partial charge >= 0.3 is 5.97 Å². The number of benzene rings is 3. The Morgan fingerprint density at radius 2 is 1.61 bits per heavy atom. The van der Waals surface area contributed by atoms with Gasteiger partial charge < -0.3 is 50.4 Å². The molecule has 3 aliphatic rings. The van der Waals surface area contributed by atoms with Crippen LogP contribution >= 0.6 is 65.4 Å². The number of alkyl halides is 3. The van der Waals surface area contributed by atoms with Gasteiger partial charge in [-0.25, -0.2) is 9.29 Å². The first-order valence-corrected chi connectivity index (χ1v) is 31.5. The second kappa shape index (κ2) is 34.5. The molecule has 466 valence electrons. The van der Waals surface area contributed by atoms with Gasteiger partial charge in [-0.1, -0.05) is 78.0 Å². The molecule has 3 heterocycles. The Kier molecular flexibility index (Phi) is 29.8. The number of carbonyl (C=O) groups is 5. The van der Waals surface area contributed by atoms with Crippen molar-refractivity contribution in [2.45, 2.75) is 135 Å². The molecule has 7 rings (SSSR count). The number of fused-ring (bicyclic) bond motifs is 1. The number of imide groups is 1. The second-order valence-electron chi connectivity index (χ2n) is 20.7. The van der Waals surface area contributed by atoms with Crippen molar-refractivity contribution in [1.29, 1.82) is 0 Å². The van der Waals surface area contributed by atoms with Crippen molar-refractivity contribution in [2.75, 3.05) is 70.9 Å². The van der Waals surface area contributed by atoms with E-state index in [1.165, 1.54) is 12.7 Å². The van der Waals surface area contributed by atoms with Crippen LogP contribution in [0.3, 0.4) is 0 Å². The third-order valence-corrected chi connectivity index (χ3v) is 14.6. The van der Waals surface area contributed by atoms with Gasteiger partial charge in [-0.15, -0.1) is 18.0 Å². The topological polar surface area (TPSA) is 269 Å². The molecular weight excluding hydrogens is 1230 g/mol. The molecule has 2 aliphatic heterocycles. The maximum atomic E-state index is 14.4. The number of para-hydroxylation sites is 3. The number of aromatic nitrogens is 3. The number of hydrogen-bond acceptors (Lipinski definition) is 15. The van der Waals surface area contributed by atoms with E-state index < -0.39 is 48.0 Å². The van der Waals surface area contributed by atoms with Gasteiger partial charge in [0.2, 0.25) is 23.1 Å². The zero-order chi connectivity index (χ0) is 64.1. The van der Waals surface area contributed by atoms with Gasteiger partial charge in [0.15, 0.2) is 18.3 Å². The van der Waals surface area contributed by atoms with Crippen LogP contribution in [0.15, 0.2) is 65.7 Å². The number of carbonyl (C=O) groups excluding carboxylic acids is 4. The SMILES string of the molecule is C#CC(C)Oc1cc(N2C(=O)C3=C(CCCC3)C2=O)c(F)cc1Cl.CC1COc2ccccc2N1C(=O)C(Cl)Cl.CCNc1nc(Cl)nc(NC(C)(C)C)n1.CCc1cccc(C)c1N(C(=O)CCl)C(C)COC.CP(=O)(O)CCC(N)C(=O)O. The van der Waals surface area contributed by atoms with Gasteiger partial charge in [0, 0.05) is 49.2 Å². The maximum Gasteiger partial charge on any atom is 0.320 e. The Bertz CT molecular complexity index is 3060. The van der Waals surface area contributed by atoms with E-state index in [-0.39, 0.29) is 69.6 Å². The van der Waals surface area contributed by atoms with E-state index in [0.717, 1.165) is 59.3 Å². The Morgan fingerprint density at radius 1 is 1.00 bits per heavy atom. The molecule has 0 saturated carbocycles. The minimum Gasteiger partial charge on any atom is -0.489 e. The number of methoxy groups -OCH3 is 1. The summed E-state index contributed by atoms with van der Waals surface area (Å²) < 4.78 is 41.2. The molecule has 4 aromatic rings. The number of carboxylic acids is 1. The Balaban J connectivity index is 0.000000285. The number of aryl methyl sites for hydroxylation is 2. The van der Waals surface area contributed by atoms with Crippen LogP contribution in [0, 0.1) is 25.1 Å². The van der Waals surface area contributed by atoms with Crippen LogP contribution in [0.2, 0.25) is 10.3 Å². The average molecular weight is 1300 g/mol. The second-order valence-corrected chi connectivity index (χ2v) is 25.4. The molecule has 6 N–H and O–H groups in total. The summed E-state index contributed by atoms with van der Waals surface area (Å²) in [5.74, 6) is 0.902. The standard InChI is InChI=1S/C18H15ClFNO3.C15H22ClNO2.C11H11Cl2NO2.C9H16ClN5.C5H12NO4P/c1-3-10(2)24-16-9-15(14(20)8-13(16)19)21-17(22)11-6-4-5-7-12(11)18(21)23;1-5-13-8-6-7-11(2)15(13)17(14(18)9-16)12(3)10-19-4;1-7-6-16-9-5-3-2-4-8(9)14(7)11(15)10(12)13;1-5-11-7-12-6(10)13-8(14-7)15-9(2,3)4;1-11(9,10)3-2-4(6)5(7)8/h1,8-10H,4-7H2,2H3;6-8,12H,5,9-10H2,1-4H3;2-5,7,10H,6H2,1H3;5H2,1-4H3,(H2,11,12,13,14,15);4H,2-3,6H2,1H3,(H,7,8)(H,9,10). The molecule has 5 unspecified atom stereocenters. The van der Waals surface area contributed by atoms with Gasteiger partial charge in [-0.3, -0.25) is 28.5 Å². The number of rotatable bonds is 17. The quantitative estimate of drug-likeness (QED) is 0.0285. The molecule has 0 spiro atoms. The largest absolute Gasteiger partial charge is 0.489 e. The van der Waals surface area contributed by atoms with Crippen molar-refractivity contribution in [3.63, 3.8) is 0 Å². The van der Waals surface area contributed by atoms with E-state index >= 15 is 0 Å². The first kappa shape index (κ1) is 73.5. The number of anilines is 5. The highest BCUT2D eigenvalue weighted by Gasteiger charge is 2.41. The van der Waals surface area contributed by atoms with Crippen molar-refractivity contribution in [2.24, 2.45) is 5.73 Å². The van der Waals surface area contributed by atoms with E-state index in [4.69, 9.17) is 94.4 Å². The zero-order valence-corrected chi connectivity index (χ0v) is 54.2. The van der Waals surface area contributed by atoms with Crippen LogP contribution in [0.4, 0.5) is 33.3 Å². The zero-order valence-electron chi connectivity index (χ0n) is 49.5. The molecule has 0 saturated heterocycles. The Morgan fingerprint density at radius 3 is 2.14 bits per heavy atom. The first-order chi connectivity index (χ1) is 39.8. The van der Waals surface area contributed by atoms with E-state index in [2.05, 4.69) is 44.5 Å². The van der Waals surface area contributed by atoms with Crippen molar-refractivity contribution in [1.82, 2.24) is 15.0 Å². The number of nitrogens with one attached hydrogen (secondary N) is 2. The highest BCUT2D eigenvalue weighted by atomic mass is 35.5. The third kappa shape index (κ3) is 22.5. The fourth-order valence-electron chi connectivity index (χ4n) is 8.51. The van der Waals surface area contributed by atoms with Crippen molar-refractivity contribution < 1.29 is 57.1 Å². The van der Waals surface area contributed by atoms with Crippen molar-refractivity contribution >= 4 is 124 Å². The molecule has 0 bridgehead atoms. The number of nitrogens with zero attached hydrogens (tertiary/aromatic N) is 6. The fourth-order valence-corrected chi connectivity index (χ4v) is 9.96. The minimum absolute atomic E-state index is 0.0223. The summed E-state index contributed by atoms with van der Waals surface area (Å²) in [5, 5.41) is 14.6. The van der Waals surface area contributed by atoms with Crippen LogP contribution in [-0.4, -0.2) is 135 Å². The van der Waals surface area contributed by atoms with E-state index in [0.29, 0.717) is 54.8 Å². The summed E-state index contributed by atoms with van der Waals surface area (Å²) in [4.78, 5) is 83.3. The summed E-state index contributed by atoms with van der Waals surface area (Å²) in [6.45, 7) is 20.5. The fraction of sp³-hybridized carbons (Fsp3) is 0.483. The summed E-state index contributed by atoms with van der Waals surface area (Å²) in [6, 6.07) is 14.6. The predicted molar refractivity (Wildman–Crippen MR) is 336 cm³/mol. The predicted octanol–water partition coefficient (Wildman–Crippen LogP) is 11.2. The molecule has 85 heavy (non-hydrogen) atoms. The third-order valence-electron chi connectivity index (χ3n) is 12.4. The number of ether oxygens (including phenoxy) is 3. The van der Waals surface area contributed by atoms with Crippen LogP contribution in [0.1, 0.15) is 98.6 Å². The van der Waals surface area contributed by atoms with E-state index in [1.807, 2.05) is 84.9 Å². The van der Waals surface area contributed by atoms with E-state index in [1.54, 1.807) is 23.8 Å². The molecule has 5 atom stereocenters. The number of aliphatic carboxylic acids is 1. The number of amides is 4. The summed E-state index contributed by atoms with van der Waals surface area (Å²) in [6.07, 6.45) is 8.35. The normalized spacial score (nSPS) is 16.0. The highest BCUT2D eigenvalue weighted by Crippen LogP contribution is 2.41. The molecule has 3 aromatic carbocycles. The number of hydrogen-bond donors (Lipinski definition) is 5. The van der Waals surface area contributed by atoms with E-state index in [9.17, 15) is 32.9 Å². The van der Waals surface area contributed by atoms with Crippen LogP contribution in [0.5, 0.6) is 11.5 Å². The summed E-state index contributed by atoms with van der Waals surface area (Å²) >= 11 is 28.8. The lowest BCUT2D eigenvalue weighted by molar-refractivity contribution is -0.138. The summed E-state index contributed by atoms with van der Waals surface area (Å²) in [5.41, 5.74) is 9.73. The molecule has 27 heteroatoms. The molecule has 4 amide bonds. The molecule has 20 nitrogen and oxygen atoms in total. The van der Waals surface area contributed by atoms with Gasteiger partial charge in [0.05, 0.1) is 40.8 Å². The Hall–Kier alpha value is -5.79. The number of terminal acetylenes is 1. The lowest BCUT2D eigenvalue weighted by Crippen LogP contribution is -2.47. The molecule has 0 fully saturated rings. The lowest BCUT2D eigenvalue weighted by atomic mass is 9.93. The van der Waals surface area contributed by atoms with Crippen molar-refractivity contribution in [3.05, 3.63) is 93.0 Å². The van der Waals surface area contributed by atoms with Crippen molar-refractivity contribution in [3.8, 4) is 23.8 Å². The minimum atomic E-state index is -3.10. The molecule has 0 radical (unpaired) electrons. The first-order valence-electron chi connectivity index (χ1n) is 27.1. The van der Waals surface area contributed by atoms with Crippen LogP contribution < -0.4 is 40.5 Å². The average Bonchev–Trinajstić information content (AvgIpc) is 2.08. The van der Waals surface area contributed by atoms with Gasteiger partial charge in [-0.05, 0) is 135 Å². The van der Waals surface area contributed by atoms with Gasteiger partial charge in [0.25, 0.3) is 17.7 Å². The smallest absolute Gasteiger partial charge is 0.320 e. The molecule has 1 aromatic heterocycles. The molecular formula is C58H76Cl5FN9O11P. The lowest BCUT2D eigenvalue weighted by Gasteiger charge is -2.35. The molecule has 1 aliphatic carbocycles. The van der Waals surface area contributed by atoms with Crippen LogP contribution in [-0.2, 0) is 39.7 Å². The van der Waals surface area contributed by atoms with Gasteiger partial charge in [-0.2, -0.15) is 15.0 Å². The number of carboxylic acid groups (broad SMARTS) is 1. The summed E-state index contributed by atoms with van der Waals surface area (Å²) in [7, 11) is -1.47. The number of nitrogens with two attached hydrogens (primary N) is 1. The van der Waals surface area contributed by atoms with Crippen LogP contribution in [0.25, 0.3) is 0 Å². The highest BCUT2D eigenvalue weighted by molar-refractivity contribution is 7.57. The number of halogens is 6.